The van der Waals surface area contributed by atoms with E-state index >= 15 is 0 Å². The van der Waals surface area contributed by atoms with Crippen LogP contribution in [0.3, 0.4) is 0 Å². The molecule has 1 rings (SSSR count). The van der Waals surface area contributed by atoms with Gasteiger partial charge in [-0.3, -0.25) is 14.4 Å². The molecule has 0 aliphatic carbocycles. The van der Waals surface area contributed by atoms with Crippen LogP contribution in [0.25, 0.3) is 0 Å². The number of hydrogen-bond acceptors (Lipinski definition) is 3. The fraction of sp³-hybridized carbons (Fsp3) is 0.750. The zero-order chi connectivity index (χ0) is 14.3. The molecule has 0 unspecified atom stereocenters. The van der Waals surface area contributed by atoms with E-state index in [1.165, 1.54) is 18.7 Å². The second-order valence-corrected chi connectivity index (χ2v) is 5.67. The summed E-state index contributed by atoms with van der Waals surface area (Å²) >= 11 is 0. The monoisotopic (exact) mass is 256 g/mol. The fourth-order valence-electron chi connectivity index (χ4n) is 2.00. The van der Waals surface area contributed by atoms with Gasteiger partial charge in [-0.2, -0.15) is 0 Å². The van der Waals surface area contributed by atoms with Crippen molar-refractivity contribution in [3.63, 3.8) is 0 Å². The number of carboxylic acids is 1. The number of nitrogens with zero attached hydrogens (tertiary/aromatic N) is 2. The Bertz CT molecular complexity index is 401. The maximum atomic E-state index is 12.3. The Labute approximate surface area is 107 Å². The van der Waals surface area contributed by atoms with Crippen LogP contribution in [0.4, 0.5) is 0 Å². The van der Waals surface area contributed by atoms with Crippen molar-refractivity contribution in [3.05, 3.63) is 0 Å². The molecule has 1 aliphatic rings. The Morgan fingerprint density at radius 1 is 1.28 bits per heavy atom. The summed E-state index contributed by atoms with van der Waals surface area (Å²) in [4.78, 5) is 38.4. The quantitative estimate of drug-likeness (QED) is 0.715. The van der Waals surface area contributed by atoms with Crippen LogP contribution in [-0.4, -0.2) is 58.4 Å². The Morgan fingerprint density at radius 2 is 1.78 bits per heavy atom. The highest BCUT2D eigenvalue weighted by atomic mass is 16.4. The van der Waals surface area contributed by atoms with Gasteiger partial charge in [-0.15, -0.1) is 0 Å². The lowest BCUT2D eigenvalue weighted by Gasteiger charge is -2.46. The van der Waals surface area contributed by atoms with E-state index in [2.05, 4.69) is 0 Å². The predicted molar refractivity (Wildman–Crippen MR) is 64.8 cm³/mol. The summed E-state index contributed by atoms with van der Waals surface area (Å²) < 4.78 is 0. The second-order valence-electron chi connectivity index (χ2n) is 5.67. The van der Waals surface area contributed by atoms with E-state index in [0.717, 1.165) is 0 Å². The van der Waals surface area contributed by atoms with Gasteiger partial charge in [0, 0.05) is 20.1 Å². The molecule has 0 spiro atoms. The van der Waals surface area contributed by atoms with Crippen LogP contribution < -0.4 is 0 Å². The van der Waals surface area contributed by atoms with Crippen molar-refractivity contribution in [2.24, 2.45) is 5.41 Å². The minimum absolute atomic E-state index is 0.178. The first-order valence-corrected chi connectivity index (χ1v) is 5.84. The minimum atomic E-state index is -1.52. The molecule has 18 heavy (non-hydrogen) atoms. The molecule has 0 aromatic heterocycles. The second kappa shape index (κ2) is 4.26. The first kappa shape index (κ1) is 14.5. The van der Waals surface area contributed by atoms with Crippen molar-refractivity contribution in [1.29, 1.82) is 0 Å². The zero-order valence-electron chi connectivity index (χ0n) is 11.5. The molecule has 2 amide bonds. The number of aliphatic carboxylic acids is 1. The molecule has 1 saturated heterocycles. The van der Waals surface area contributed by atoms with Crippen molar-refractivity contribution >= 4 is 17.8 Å². The summed E-state index contributed by atoms with van der Waals surface area (Å²) in [5.74, 6) is -1.89. The lowest BCUT2D eigenvalue weighted by Crippen LogP contribution is -2.66. The van der Waals surface area contributed by atoms with E-state index in [4.69, 9.17) is 5.11 Å². The fourth-order valence-corrected chi connectivity index (χ4v) is 2.00. The van der Waals surface area contributed by atoms with Crippen LogP contribution in [0.1, 0.15) is 27.7 Å². The molecule has 0 saturated carbocycles. The van der Waals surface area contributed by atoms with Gasteiger partial charge in [0.25, 0.3) is 0 Å². The Balaban J connectivity index is 3.07. The largest absolute Gasteiger partial charge is 0.480 e. The number of amides is 2. The van der Waals surface area contributed by atoms with Gasteiger partial charge in [-0.1, -0.05) is 0 Å². The van der Waals surface area contributed by atoms with Gasteiger partial charge in [0.2, 0.25) is 11.8 Å². The highest BCUT2D eigenvalue weighted by molar-refractivity contribution is 6.03. The van der Waals surface area contributed by atoms with Crippen molar-refractivity contribution < 1.29 is 19.5 Å². The predicted octanol–water partition coefficient (Wildman–Crippen LogP) is 0.176. The molecule has 0 aromatic carbocycles. The molecule has 0 radical (unpaired) electrons. The lowest BCUT2D eigenvalue weighted by atomic mass is 9.87. The normalized spacial score (nSPS) is 19.9. The van der Waals surface area contributed by atoms with Crippen LogP contribution >= 0.6 is 0 Å². The standard InChI is InChI=1S/C12H20N2O4/c1-11(2,10(17)18)8(15)14-7-6-13(5)9(16)12(14,3)4/h6-7H2,1-5H3,(H,17,18). The smallest absolute Gasteiger partial charge is 0.318 e. The van der Waals surface area contributed by atoms with E-state index < -0.39 is 22.8 Å². The van der Waals surface area contributed by atoms with Gasteiger partial charge >= 0.3 is 5.97 Å². The molecule has 1 fully saturated rings. The number of likely N-dealkylation sites (N-methyl/N-ethyl adjacent to an activating group) is 1. The summed E-state index contributed by atoms with van der Waals surface area (Å²) in [6, 6.07) is 0. The number of hydrogen-bond donors (Lipinski definition) is 1. The maximum Gasteiger partial charge on any atom is 0.318 e. The zero-order valence-corrected chi connectivity index (χ0v) is 11.5. The number of carbonyl (C=O) groups is 3. The summed E-state index contributed by atoms with van der Waals surface area (Å²) in [6.45, 7) is 6.77. The number of carbonyl (C=O) groups excluding carboxylic acids is 2. The van der Waals surface area contributed by atoms with Crippen LogP contribution in [0.2, 0.25) is 0 Å². The number of carboxylic acid groups (broad SMARTS) is 1. The highest BCUT2D eigenvalue weighted by Gasteiger charge is 2.49. The molecule has 1 heterocycles. The van der Waals surface area contributed by atoms with E-state index in [1.807, 2.05) is 0 Å². The molecular formula is C12H20N2O4. The van der Waals surface area contributed by atoms with E-state index in [0.29, 0.717) is 13.1 Å². The van der Waals surface area contributed by atoms with Crippen molar-refractivity contribution in [2.45, 2.75) is 33.2 Å². The van der Waals surface area contributed by atoms with Crippen molar-refractivity contribution in [2.75, 3.05) is 20.1 Å². The van der Waals surface area contributed by atoms with Crippen LogP contribution in [-0.2, 0) is 14.4 Å². The van der Waals surface area contributed by atoms with E-state index in [1.54, 1.807) is 25.8 Å². The molecule has 0 bridgehead atoms. The van der Waals surface area contributed by atoms with Gasteiger partial charge in [0.15, 0.2) is 0 Å². The van der Waals surface area contributed by atoms with Crippen LogP contribution in [0, 0.1) is 5.41 Å². The average molecular weight is 256 g/mol. The molecule has 1 N–H and O–H groups in total. The SMILES string of the molecule is CN1CCN(C(=O)C(C)(C)C(=O)O)C(C)(C)C1=O. The third-order valence-corrected chi connectivity index (χ3v) is 3.52. The first-order valence-electron chi connectivity index (χ1n) is 5.84. The first-order chi connectivity index (χ1) is 8.02. The third-order valence-electron chi connectivity index (χ3n) is 3.52. The Hall–Kier alpha value is -1.59. The van der Waals surface area contributed by atoms with Crippen molar-refractivity contribution in [1.82, 2.24) is 9.80 Å². The minimum Gasteiger partial charge on any atom is -0.480 e. The molecule has 0 atom stereocenters. The van der Waals surface area contributed by atoms with Gasteiger partial charge in [0.05, 0.1) is 0 Å². The third kappa shape index (κ3) is 2.07. The van der Waals surface area contributed by atoms with Gasteiger partial charge in [-0.05, 0) is 27.7 Å². The Morgan fingerprint density at radius 3 is 2.22 bits per heavy atom. The number of piperazine rings is 1. The van der Waals surface area contributed by atoms with E-state index in [9.17, 15) is 14.4 Å². The molecular weight excluding hydrogens is 236 g/mol. The van der Waals surface area contributed by atoms with Crippen molar-refractivity contribution in [3.8, 4) is 0 Å². The summed E-state index contributed by atoms with van der Waals surface area (Å²) in [5.41, 5.74) is -2.52. The Kier molecular flexibility index (Phi) is 3.42. The maximum absolute atomic E-state index is 12.3. The molecule has 1 aliphatic heterocycles. The van der Waals surface area contributed by atoms with E-state index in [-0.39, 0.29) is 5.91 Å². The summed E-state index contributed by atoms with van der Waals surface area (Å²) in [5, 5.41) is 9.09. The molecule has 102 valence electrons. The molecule has 0 aromatic rings. The van der Waals surface area contributed by atoms with Gasteiger partial charge < -0.3 is 14.9 Å². The van der Waals surface area contributed by atoms with Gasteiger partial charge in [0.1, 0.15) is 11.0 Å². The topological polar surface area (TPSA) is 77.9 Å². The molecule has 6 heteroatoms. The van der Waals surface area contributed by atoms with Crippen LogP contribution in [0.15, 0.2) is 0 Å². The molecule has 6 nitrogen and oxygen atoms in total. The highest BCUT2D eigenvalue weighted by Crippen LogP contribution is 2.28. The lowest BCUT2D eigenvalue weighted by molar-refractivity contribution is -0.169. The van der Waals surface area contributed by atoms with Crippen LogP contribution in [0.5, 0.6) is 0 Å². The summed E-state index contributed by atoms with van der Waals surface area (Å²) in [7, 11) is 1.67. The van der Waals surface area contributed by atoms with Gasteiger partial charge in [-0.25, -0.2) is 0 Å². The summed E-state index contributed by atoms with van der Waals surface area (Å²) in [6.07, 6.45) is 0. The average Bonchev–Trinajstić information content (AvgIpc) is 2.25. The number of rotatable bonds is 2.